The van der Waals surface area contributed by atoms with Crippen molar-refractivity contribution in [3.8, 4) is 0 Å². The number of hydrogen-bond donors (Lipinski definition) is 1. The number of carbonyl (C=O) groups is 2. The molecule has 5 heteroatoms. The predicted octanol–water partition coefficient (Wildman–Crippen LogP) is 3.60. The van der Waals surface area contributed by atoms with Gasteiger partial charge >= 0.3 is 5.97 Å². The summed E-state index contributed by atoms with van der Waals surface area (Å²) in [5, 5.41) is 4.67. The topological polar surface area (TPSA) is 55.4 Å². The van der Waals surface area contributed by atoms with E-state index in [9.17, 15) is 9.59 Å². The summed E-state index contributed by atoms with van der Waals surface area (Å²) in [6.45, 7) is 4.20. The van der Waals surface area contributed by atoms with Crippen molar-refractivity contribution in [1.82, 2.24) is 5.32 Å². The number of ether oxygens (including phenoxy) is 1. The third-order valence-electron chi connectivity index (χ3n) is 3.66. The zero-order valence-corrected chi connectivity index (χ0v) is 14.1. The molecule has 122 valence electrons. The van der Waals surface area contributed by atoms with Gasteiger partial charge in [-0.05, 0) is 30.4 Å². The molecule has 0 aliphatic rings. The lowest BCUT2D eigenvalue weighted by Gasteiger charge is -2.18. The summed E-state index contributed by atoms with van der Waals surface area (Å²) in [5.74, 6) is -0.484. The molecule has 1 aromatic carbocycles. The number of thiophene rings is 1. The molecule has 23 heavy (non-hydrogen) atoms. The molecule has 0 fully saturated rings. The number of esters is 1. The van der Waals surface area contributed by atoms with E-state index in [1.165, 1.54) is 16.9 Å². The van der Waals surface area contributed by atoms with Crippen LogP contribution in [-0.2, 0) is 9.53 Å². The monoisotopic (exact) mass is 331 g/mol. The molecular formula is C18H21NO3S. The lowest BCUT2D eigenvalue weighted by Crippen LogP contribution is -2.37. The molecule has 0 saturated carbocycles. The van der Waals surface area contributed by atoms with Crippen molar-refractivity contribution in [2.24, 2.45) is 0 Å². The Labute approximate surface area is 140 Å². The highest BCUT2D eigenvalue weighted by Crippen LogP contribution is 2.18. The molecule has 0 bridgehead atoms. The molecule has 1 heterocycles. The van der Waals surface area contributed by atoms with E-state index in [4.69, 9.17) is 4.74 Å². The maximum Gasteiger partial charge on any atom is 0.349 e. The van der Waals surface area contributed by atoms with Gasteiger partial charge in [0.2, 0.25) is 0 Å². The average molecular weight is 331 g/mol. The van der Waals surface area contributed by atoms with Crippen LogP contribution in [0.1, 0.15) is 41.4 Å². The average Bonchev–Trinajstić information content (AvgIpc) is 3.10. The van der Waals surface area contributed by atoms with E-state index in [-0.39, 0.29) is 11.8 Å². The van der Waals surface area contributed by atoms with Gasteiger partial charge in [0.1, 0.15) is 4.88 Å². The van der Waals surface area contributed by atoms with Gasteiger partial charge in [0.25, 0.3) is 5.91 Å². The summed E-state index contributed by atoms with van der Waals surface area (Å²) < 4.78 is 5.19. The van der Waals surface area contributed by atoms with Crippen molar-refractivity contribution in [3.63, 3.8) is 0 Å². The van der Waals surface area contributed by atoms with Gasteiger partial charge in [0.15, 0.2) is 6.10 Å². The SMILES string of the molecule is CC[C@@H](CNC(=O)[C@@H](C)OC(=O)c1cccs1)c1ccccc1. The second-order valence-electron chi connectivity index (χ2n) is 5.29. The number of amides is 1. The summed E-state index contributed by atoms with van der Waals surface area (Å²) in [4.78, 5) is 24.5. The smallest absolute Gasteiger partial charge is 0.349 e. The predicted molar refractivity (Wildman–Crippen MR) is 91.7 cm³/mol. The molecule has 2 rings (SSSR count). The largest absolute Gasteiger partial charge is 0.448 e. The minimum atomic E-state index is -0.808. The highest BCUT2D eigenvalue weighted by atomic mass is 32.1. The van der Waals surface area contributed by atoms with Crippen molar-refractivity contribution in [1.29, 1.82) is 0 Å². The summed E-state index contributed by atoms with van der Waals surface area (Å²) in [5.41, 5.74) is 1.19. The summed E-state index contributed by atoms with van der Waals surface area (Å²) >= 11 is 1.30. The minimum absolute atomic E-state index is 0.250. The van der Waals surface area contributed by atoms with Crippen LogP contribution >= 0.6 is 11.3 Å². The van der Waals surface area contributed by atoms with Crippen LogP contribution in [0.5, 0.6) is 0 Å². The molecule has 0 saturated heterocycles. The Hall–Kier alpha value is -2.14. The molecule has 0 radical (unpaired) electrons. The van der Waals surface area contributed by atoms with Crippen LogP contribution in [0, 0.1) is 0 Å². The van der Waals surface area contributed by atoms with Gasteiger partial charge < -0.3 is 10.1 Å². The van der Waals surface area contributed by atoms with Crippen molar-refractivity contribution in [2.75, 3.05) is 6.54 Å². The van der Waals surface area contributed by atoms with Crippen LogP contribution in [-0.4, -0.2) is 24.5 Å². The third kappa shape index (κ3) is 4.93. The Morgan fingerprint density at radius 3 is 2.52 bits per heavy atom. The van der Waals surface area contributed by atoms with E-state index in [0.717, 1.165) is 6.42 Å². The lowest BCUT2D eigenvalue weighted by molar-refractivity contribution is -0.129. The number of hydrogen-bond acceptors (Lipinski definition) is 4. The van der Waals surface area contributed by atoms with Crippen LogP contribution in [0.25, 0.3) is 0 Å². The van der Waals surface area contributed by atoms with Gasteiger partial charge in [0, 0.05) is 12.5 Å². The van der Waals surface area contributed by atoms with Gasteiger partial charge in [0.05, 0.1) is 0 Å². The second kappa shape index (κ2) is 8.48. The Kier molecular flexibility index (Phi) is 6.35. The number of carbonyl (C=O) groups excluding carboxylic acids is 2. The van der Waals surface area contributed by atoms with Gasteiger partial charge in [-0.15, -0.1) is 11.3 Å². The van der Waals surface area contributed by atoms with Gasteiger partial charge in [-0.2, -0.15) is 0 Å². The van der Waals surface area contributed by atoms with Crippen molar-refractivity contribution in [3.05, 3.63) is 58.3 Å². The fourth-order valence-corrected chi connectivity index (χ4v) is 2.86. The molecule has 0 spiro atoms. The first-order valence-electron chi connectivity index (χ1n) is 7.69. The van der Waals surface area contributed by atoms with Crippen LogP contribution in [0.15, 0.2) is 47.8 Å². The van der Waals surface area contributed by atoms with E-state index < -0.39 is 12.1 Å². The highest BCUT2D eigenvalue weighted by molar-refractivity contribution is 7.11. The second-order valence-corrected chi connectivity index (χ2v) is 6.23. The molecule has 2 aromatic rings. The maximum absolute atomic E-state index is 12.1. The van der Waals surface area contributed by atoms with Crippen molar-refractivity contribution in [2.45, 2.75) is 32.3 Å². The Morgan fingerprint density at radius 2 is 1.91 bits per heavy atom. The highest BCUT2D eigenvalue weighted by Gasteiger charge is 2.20. The van der Waals surface area contributed by atoms with E-state index in [0.29, 0.717) is 11.4 Å². The van der Waals surface area contributed by atoms with Gasteiger partial charge in [-0.25, -0.2) is 4.79 Å². The molecule has 0 aliphatic heterocycles. The first-order valence-corrected chi connectivity index (χ1v) is 8.57. The Bertz CT molecular complexity index is 625. The Morgan fingerprint density at radius 1 is 1.17 bits per heavy atom. The van der Waals surface area contributed by atoms with Crippen molar-refractivity contribution < 1.29 is 14.3 Å². The first-order chi connectivity index (χ1) is 11.1. The maximum atomic E-state index is 12.1. The minimum Gasteiger partial charge on any atom is -0.448 e. The summed E-state index contributed by atoms with van der Waals surface area (Å²) in [6, 6.07) is 13.5. The summed E-state index contributed by atoms with van der Waals surface area (Å²) in [7, 11) is 0. The fraction of sp³-hybridized carbons (Fsp3) is 0.333. The molecule has 2 atom stereocenters. The standard InChI is InChI=1S/C18H21NO3S/c1-3-14(15-8-5-4-6-9-15)12-19-17(20)13(2)22-18(21)16-10-7-11-23-16/h4-11,13-14H,3,12H2,1-2H3,(H,19,20)/t13-,14+/m1/s1. The molecule has 4 nitrogen and oxygen atoms in total. The normalized spacial score (nSPS) is 13.1. The van der Waals surface area contributed by atoms with E-state index in [2.05, 4.69) is 24.4 Å². The number of benzene rings is 1. The van der Waals surface area contributed by atoms with Crippen LogP contribution in [0.4, 0.5) is 0 Å². The number of nitrogens with one attached hydrogen (secondary N) is 1. The van der Waals surface area contributed by atoms with Gasteiger partial charge in [-0.3, -0.25) is 4.79 Å². The molecule has 1 aromatic heterocycles. The lowest BCUT2D eigenvalue weighted by atomic mass is 9.96. The van der Waals surface area contributed by atoms with Crippen molar-refractivity contribution >= 4 is 23.2 Å². The summed E-state index contributed by atoms with van der Waals surface area (Å²) in [6.07, 6.45) is 0.117. The first kappa shape index (κ1) is 17.2. The Balaban J connectivity index is 1.84. The molecule has 1 N–H and O–H groups in total. The van der Waals surface area contributed by atoms with Crippen LogP contribution in [0.2, 0.25) is 0 Å². The van der Waals surface area contributed by atoms with Crippen LogP contribution < -0.4 is 5.32 Å². The molecule has 0 unspecified atom stereocenters. The van der Waals surface area contributed by atoms with Crippen LogP contribution in [0.3, 0.4) is 0 Å². The third-order valence-corrected chi connectivity index (χ3v) is 4.51. The molecule has 0 aliphatic carbocycles. The fourth-order valence-electron chi connectivity index (χ4n) is 2.26. The van der Waals surface area contributed by atoms with E-state index >= 15 is 0 Å². The van der Waals surface area contributed by atoms with E-state index in [1.807, 2.05) is 18.2 Å². The zero-order valence-electron chi connectivity index (χ0n) is 13.3. The molecule has 1 amide bonds. The quantitative estimate of drug-likeness (QED) is 0.789. The van der Waals surface area contributed by atoms with E-state index in [1.54, 1.807) is 24.4 Å². The number of rotatable bonds is 7. The molecular weight excluding hydrogens is 310 g/mol. The van der Waals surface area contributed by atoms with Gasteiger partial charge in [-0.1, -0.05) is 43.3 Å². The zero-order chi connectivity index (χ0) is 16.7.